The summed E-state index contributed by atoms with van der Waals surface area (Å²) < 4.78 is 10.6. The fraction of sp³-hybridized carbons (Fsp3) is 0.469. The van der Waals surface area contributed by atoms with Crippen LogP contribution in [0.15, 0.2) is 42.5 Å². The highest BCUT2D eigenvalue weighted by atomic mass is 16.5. The minimum Gasteiger partial charge on any atom is -0.494 e. The Labute approximate surface area is 238 Å². The summed E-state index contributed by atoms with van der Waals surface area (Å²) in [5.74, 6) is 2.60. The summed E-state index contributed by atoms with van der Waals surface area (Å²) in [6, 6.07) is 14.7. The number of carbonyl (C=O) groups excluding carboxylic acids is 2. The average Bonchev–Trinajstić information content (AvgIpc) is 3.25. The molecule has 4 aliphatic rings. The van der Waals surface area contributed by atoms with Crippen LogP contribution in [0.1, 0.15) is 48.9 Å². The molecule has 9 heteroatoms. The predicted molar refractivity (Wildman–Crippen MR) is 157 cm³/mol. The van der Waals surface area contributed by atoms with Crippen LogP contribution in [0.2, 0.25) is 0 Å². The third-order valence-corrected chi connectivity index (χ3v) is 9.85. The Balaban J connectivity index is 1.29. The van der Waals surface area contributed by atoms with E-state index in [1.807, 2.05) is 17.0 Å². The molecule has 41 heavy (non-hydrogen) atoms. The topological polar surface area (TPSA) is 107 Å². The lowest BCUT2D eigenvalue weighted by atomic mass is 10.1. The summed E-state index contributed by atoms with van der Waals surface area (Å²) in [5.41, 5.74) is 10.8. The Morgan fingerprint density at radius 2 is 1.93 bits per heavy atom. The van der Waals surface area contributed by atoms with Gasteiger partial charge in [-0.05, 0) is 68.2 Å². The predicted octanol–water partition coefficient (Wildman–Crippen LogP) is 3.92. The second-order valence-electron chi connectivity index (χ2n) is 12.5. The molecule has 0 spiro atoms. The highest BCUT2D eigenvalue weighted by molar-refractivity contribution is 6.00. The van der Waals surface area contributed by atoms with Gasteiger partial charge in [0.1, 0.15) is 11.3 Å². The van der Waals surface area contributed by atoms with Crippen molar-refractivity contribution in [1.82, 2.24) is 24.3 Å². The summed E-state index contributed by atoms with van der Waals surface area (Å²) in [6.45, 7) is 2.25. The summed E-state index contributed by atoms with van der Waals surface area (Å²) >= 11 is 0. The second kappa shape index (κ2) is 9.34. The molecule has 2 saturated heterocycles. The van der Waals surface area contributed by atoms with Crippen LogP contribution < -0.4 is 15.8 Å². The van der Waals surface area contributed by atoms with Crippen LogP contribution in [-0.2, 0) is 17.9 Å². The maximum atomic E-state index is 13.8. The normalized spacial score (nSPS) is 25.5. The lowest BCUT2D eigenvalue weighted by Gasteiger charge is -2.27. The Hall–Kier alpha value is -3.85. The summed E-state index contributed by atoms with van der Waals surface area (Å²) in [6.07, 6.45) is 5.87. The van der Waals surface area contributed by atoms with Crippen molar-refractivity contribution in [3.63, 3.8) is 0 Å². The number of nitrogens with two attached hydrogens (primary N) is 1. The molecule has 8 rings (SSSR count). The van der Waals surface area contributed by atoms with E-state index in [1.165, 1.54) is 23.7 Å². The molecule has 2 aliphatic carbocycles. The number of likely N-dealkylation sites (tertiary alicyclic amines) is 1. The molecule has 1 unspecified atom stereocenters. The first-order chi connectivity index (χ1) is 20.0. The largest absolute Gasteiger partial charge is 0.494 e. The summed E-state index contributed by atoms with van der Waals surface area (Å²) in [4.78, 5) is 33.1. The fourth-order valence-corrected chi connectivity index (χ4v) is 7.52. The Morgan fingerprint density at radius 1 is 1.07 bits per heavy atom. The zero-order valence-corrected chi connectivity index (χ0v) is 23.4. The zero-order valence-electron chi connectivity index (χ0n) is 23.4. The summed E-state index contributed by atoms with van der Waals surface area (Å²) in [5, 5.41) is 4.31. The van der Waals surface area contributed by atoms with Crippen LogP contribution in [0.3, 0.4) is 0 Å². The van der Waals surface area contributed by atoms with Gasteiger partial charge in [-0.1, -0.05) is 18.2 Å². The first-order valence-electron chi connectivity index (χ1n) is 15.0. The first kappa shape index (κ1) is 24.9. The van der Waals surface area contributed by atoms with Gasteiger partial charge in [-0.15, -0.1) is 0 Å². The molecule has 3 N–H and O–H groups in total. The van der Waals surface area contributed by atoms with E-state index in [-0.39, 0.29) is 29.9 Å². The molecule has 2 bridgehead atoms. The van der Waals surface area contributed by atoms with E-state index < -0.39 is 0 Å². The van der Waals surface area contributed by atoms with Crippen molar-refractivity contribution in [3.8, 4) is 17.3 Å². The van der Waals surface area contributed by atoms with Crippen molar-refractivity contribution in [2.24, 2.45) is 17.6 Å². The van der Waals surface area contributed by atoms with Gasteiger partial charge in [-0.3, -0.25) is 9.59 Å². The number of para-hydroxylation sites is 1. The quantitative estimate of drug-likeness (QED) is 0.362. The number of hydrogen-bond donors (Lipinski definition) is 2. The molecule has 2 aliphatic heterocycles. The fourth-order valence-electron chi connectivity index (χ4n) is 7.52. The van der Waals surface area contributed by atoms with Gasteiger partial charge in [0.05, 0.1) is 18.3 Å². The number of rotatable bonds is 7. The molecule has 4 heterocycles. The number of imidazole rings is 1. The molecule has 212 valence electrons. The van der Waals surface area contributed by atoms with E-state index in [4.69, 9.17) is 15.5 Å². The maximum absolute atomic E-state index is 13.8. The molecule has 0 radical (unpaired) electrons. The monoisotopic (exact) mass is 552 g/mol. The Morgan fingerprint density at radius 3 is 2.63 bits per heavy atom. The number of nitrogens with zero attached hydrogens (tertiary/aromatic N) is 4. The van der Waals surface area contributed by atoms with Gasteiger partial charge in [-0.2, -0.15) is 0 Å². The SMILES string of the molecule is COc1cc(C(=O)N2C[C@H]3CC[C@@H]2[C@@H]3N)cc2nc(-c3cc4ccccc4n3CC3CC3)n(CC3CCC(=O)N3)c12. The van der Waals surface area contributed by atoms with Gasteiger partial charge in [0.2, 0.25) is 5.91 Å². The molecular formula is C32H36N6O3. The van der Waals surface area contributed by atoms with E-state index in [1.54, 1.807) is 7.11 Å². The molecular weight excluding hydrogens is 516 g/mol. The van der Waals surface area contributed by atoms with Crippen LogP contribution in [0.5, 0.6) is 5.75 Å². The van der Waals surface area contributed by atoms with Crippen LogP contribution in [-0.4, -0.2) is 62.6 Å². The molecule has 2 amide bonds. The van der Waals surface area contributed by atoms with E-state index in [9.17, 15) is 9.59 Å². The van der Waals surface area contributed by atoms with Gasteiger partial charge in [0.15, 0.2) is 5.82 Å². The third kappa shape index (κ3) is 4.04. The standard InChI is InChI=1S/C32H36N6O3/c1-41-27-14-21(32(40)37-16-20-8-10-25(37)29(20)33)12-23-30(27)38(17-22-9-11-28(39)34-22)31(35-23)26-13-19-4-2-3-5-24(19)36(26)15-18-6-7-18/h2-5,12-14,18,20,22,25,29H,6-11,15-17,33H2,1H3,(H,34,39)/t20-,22?,25-,29-/m1/s1. The molecule has 2 aromatic carbocycles. The molecule has 2 saturated carbocycles. The highest BCUT2D eigenvalue weighted by Crippen LogP contribution is 2.40. The average molecular weight is 553 g/mol. The van der Waals surface area contributed by atoms with E-state index in [0.29, 0.717) is 42.7 Å². The molecule has 9 nitrogen and oxygen atoms in total. The Bertz CT molecular complexity index is 1700. The highest BCUT2D eigenvalue weighted by Gasteiger charge is 2.47. The van der Waals surface area contributed by atoms with Gasteiger partial charge in [-0.25, -0.2) is 4.98 Å². The van der Waals surface area contributed by atoms with Gasteiger partial charge in [0, 0.05) is 60.6 Å². The molecule has 4 fully saturated rings. The second-order valence-corrected chi connectivity index (χ2v) is 12.5. The number of methoxy groups -OCH3 is 1. The number of hydrogen-bond acceptors (Lipinski definition) is 5. The minimum atomic E-state index is -0.00477. The van der Waals surface area contributed by atoms with Gasteiger partial charge < -0.3 is 29.8 Å². The number of fused-ring (bicyclic) bond motifs is 4. The maximum Gasteiger partial charge on any atom is 0.254 e. The number of piperidine rings is 1. The lowest BCUT2D eigenvalue weighted by Crippen LogP contribution is -2.41. The van der Waals surface area contributed by atoms with Crippen molar-refractivity contribution < 1.29 is 14.3 Å². The van der Waals surface area contributed by atoms with E-state index in [0.717, 1.165) is 48.4 Å². The van der Waals surface area contributed by atoms with Crippen LogP contribution >= 0.6 is 0 Å². The number of carbonyl (C=O) groups is 2. The van der Waals surface area contributed by atoms with Crippen molar-refractivity contribution in [3.05, 3.63) is 48.0 Å². The van der Waals surface area contributed by atoms with E-state index >= 15 is 0 Å². The van der Waals surface area contributed by atoms with Crippen LogP contribution in [0.4, 0.5) is 0 Å². The first-order valence-corrected chi connectivity index (χ1v) is 15.0. The molecule has 2 aromatic heterocycles. The van der Waals surface area contributed by atoms with Crippen molar-refractivity contribution >= 4 is 33.8 Å². The molecule has 4 atom stereocenters. The smallest absolute Gasteiger partial charge is 0.254 e. The van der Waals surface area contributed by atoms with Crippen molar-refractivity contribution in [2.75, 3.05) is 13.7 Å². The van der Waals surface area contributed by atoms with Crippen molar-refractivity contribution in [2.45, 2.75) is 69.7 Å². The number of aromatic nitrogens is 3. The van der Waals surface area contributed by atoms with E-state index in [2.05, 4.69) is 44.8 Å². The number of ether oxygens (including phenoxy) is 1. The van der Waals surface area contributed by atoms with Crippen LogP contribution in [0, 0.1) is 11.8 Å². The third-order valence-electron chi connectivity index (χ3n) is 9.85. The molecule has 4 aromatic rings. The van der Waals surface area contributed by atoms with Crippen molar-refractivity contribution in [1.29, 1.82) is 0 Å². The Kier molecular flexibility index (Phi) is 5.67. The van der Waals surface area contributed by atoms with Crippen LogP contribution in [0.25, 0.3) is 33.5 Å². The summed E-state index contributed by atoms with van der Waals surface area (Å²) in [7, 11) is 1.65. The van der Waals surface area contributed by atoms with Gasteiger partial charge >= 0.3 is 0 Å². The number of nitrogens with one attached hydrogen (secondary N) is 1. The minimum absolute atomic E-state index is 0.00477. The lowest BCUT2D eigenvalue weighted by molar-refractivity contribution is -0.119. The number of amides is 2. The number of benzene rings is 2. The van der Waals surface area contributed by atoms with Gasteiger partial charge in [0.25, 0.3) is 5.91 Å². The zero-order chi connectivity index (χ0) is 27.8.